The molecule has 2 aromatic rings. The first-order chi connectivity index (χ1) is 8.70. The van der Waals surface area contributed by atoms with E-state index in [0.717, 1.165) is 17.3 Å². The van der Waals surface area contributed by atoms with Crippen molar-refractivity contribution >= 4 is 33.4 Å². The molecule has 0 atom stereocenters. The maximum atomic E-state index is 13.6. The number of hydrogen-bond donors (Lipinski definition) is 1. The molecule has 0 aliphatic carbocycles. The lowest BCUT2D eigenvalue weighted by Crippen LogP contribution is -2.01. The summed E-state index contributed by atoms with van der Waals surface area (Å²) >= 11 is 5.02. The van der Waals surface area contributed by atoms with Gasteiger partial charge in [0.05, 0.1) is 18.0 Å². The third-order valence-electron chi connectivity index (χ3n) is 2.41. The van der Waals surface area contributed by atoms with Crippen LogP contribution in [0.15, 0.2) is 39.2 Å². The van der Waals surface area contributed by atoms with Crippen LogP contribution in [0.1, 0.15) is 11.5 Å². The Morgan fingerprint density at radius 2 is 2.06 bits per heavy atom. The van der Waals surface area contributed by atoms with Crippen LogP contribution in [0.4, 0.5) is 10.1 Å². The number of hydrogen-bond acceptors (Lipinski definition) is 3. The van der Waals surface area contributed by atoms with E-state index in [1.165, 1.54) is 6.07 Å². The van der Waals surface area contributed by atoms with Crippen LogP contribution in [0, 0.1) is 5.82 Å². The van der Waals surface area contributed by atoms with Crippen LogP contribution < -0.4 is 5.32 Å². The van der Waals surface area contributed by atoms with Crippen LogP contribution in [0.3, 0.4) is 0 Å². The first kappa shape index (κ1) is 13.5. The van der Waals surface area contributed by atoms with Gasteiger partial charge in [-0.05, 0) is 46.5 Å². The normalized spacial score (nSPS) is 10.6. The Kier molecular flexibility index (Phi) is 4.72. The number of benzene rings is 1. The van der Waals surface area contributed by atoms with Crippen molar-refractivity contribution in [3.63, 3.8) is 0 Å². The molecule has 0 aliphatic rings. The fraction of sp³-hybridized carbons (Fsp3) is 0.231. The summed E-state index contributed by atoms with van der Waals surface area (Å²) in [6, 6.07) is 8.74. The Balaban J connectivity index is 2.02. The van der Waals surface area contributed by atoms with Crippen LogP contribution in [0.5, 0.6) is 0 Å². The van der Waals surface area contributed by atoms with Gasteiger partial charge < -0.3 is 9.73 Å². The van der Waals surface area contributed by atoms with E-state index in [2.05, 4.69) is 21.2 Å². The number of thioether (sulfide) groups is 1. The lowest BCUT2D eigenvalue weighted by atomic mass is 10.3. The second-order valence-electron chi connectivity index (χ2n) is 3.75. The van der Waals surface area contributed by atoms with E-state index in [4.69, 9.17) is 4.42 Å². The SMILES string of the molecule is CSCc1ccc(CNc2c(F)cccc2Br)o1. The van der Waals surface area contributed by atoms with Crippen LogP contribution in [-0.4, -0.2) is 6.26 Å². The van der Waals surface area contributed by atoms with E-state index in [9.17, 15) is 4.39 Å². The molecule has 0 saturated carbocycles. The van der Waals surface area contributed by atoms with Gasteiger partial charge in [0.1, 0.15) is 17.3 Å². The molecular formula is C13H13BrFNOS. The maximum Gasteiger partial charge on any atom is 0.147 e. The predicted octanol–water partition coefficient (Wildman–Crippen LogP) is 4.66. The molecule has 0 spiro atoms. The van der Waals surface area contributed by atoms with Crippen molar-refractivity contribution in [1.29, 1.82) is 0 Å². The summed E-state index contributed by atoms with van der Waals surface area (Å²) in [6.45, 7) is 0.466. The second-order valence-corrected chi connectivity index (χ2v) is 5.47. The highest BCUT2D eigenvalue weighted by atomic mass is 79.9. The zero-order valence-electron chi connectivity index (χ0n) is 9.87. The first-order valence-corrected chi connectivity index (χ1v) is 7.64. The van der Waals surface area contributed by atoms with E-state index in [0.29, 0.717) is 16.7 Å². The minimum Gasteiger partial charge on any atom is -0.463 e. The molecule has 0 aliphatic heterocycles. The molecular weight excluding hydrogens is 317 g/mol. The molecule has 2 rings (SSSR count). The van der Waals surface area contributed by atoms with Crippen molar-refractivity contribution in [3.05, 3.63) is 52.1 Å². The number of anilines is 1. The zero-order chi connectivity index (χ0) is 13.0. The fourth-order valence-corrected chi connectivity index (χ4v) is 2.50. The van der Waals surface area contributed by atoms with Crippen molar-refractivity contribution in [1.82, 2.24) is 0 Å². The quantitative estimate of drug-likeness (QED) is 0.863. The summed E-state index contributed by atoms with van der Waals surface area (Å²) in [4.78, 5) is 0. The van der Waals surface area contributed by atoms with Gasteiger partial charge >= 0.3 is 0 Å². The standard InChI is InChI=1S/C13H13BrFNOS/c1-18-8-10-6-5-9(17-10)7-16-13-11(14)3-2-4-12(13)15/h2-6,16H,7-8H2,1H3. The lowest BCUT2D eigenvalue weighted by Gasteiger charge is -2.07. The summed E-state index contributed by atoms with van der Waals surface area (Å²) < 4.78 is 19.9. The van der Waals surface area contributed by atoms with Gasteiger partial charge in [0.25, 0.3) is 0 Å². The molecule has 2 nitrogen and oxygen atoms in total. The van der Waals surface area contributed by atoms with Gasteiger partial charge in [0.2, 0.25) is 0 Å². The Morgan fingerprint density at radius 3 is 2.78 bits per heavy atom. The zero-order valence-corrected chi connectivity index (χ0v) is 12.3. The van der Waals surface area contributed by atoms with Crippen molar-refractivity contribution in [2.75, 3.05) is 11.6 Å². The van der Waals surface area contributed by atoms with Crippen molar-refractivity contribution < 1.29 is 8.81 Å². The number of halogens is 2. The second kappa shape index (κ2) is 6.29. The molecule has 0 fully saturated rings. The first-order valence-electron chi connectivity index (χ1n) is 5.45. The van der Waals surface area contributed by atoms with E-state index in [-0.39, 0.29) is 5.82 Å². The molecule has 5 heteroatoms. The summed E-state index contributed by atoms with van der Waals surface area (Å²) in [6.07, 6.45) is 2.02. The molecule has 0 bridgehead atoms. The van der Waals surface area contributed by atoms with Crippen molar-refractivity contribution in [3.8, 4) is 0 Å². The summed E-state index contributed by atoms with van der Waals surface area (Å²) in [7, 11) is 0. The highest BCUT2D eigenvalue weighted by Crippen LogP contribution is 2.26. The average molecular weight is 330 g/mol. The number of para-hydroxylation sites is 1. The van der Waals surface area contributed by atoms with Crippen LogP contribution >= 0.6 is 27.7 Å². The van der Waals surface area contributed by atoms with Gasteiger partial charge in [-0.15, -0.1) is 0 Å². The third-order valence-corrected chi connectivity index (χ3v) is 3.64. The van der Waals surface area contributed by atoms with Gasteiger partial charge in [-0.3, -0.25) is 0 Å². The highest BCUT2D eigenvalue weighted by Gasteiger charge is 2.07. The van der Waals surface area contributed by atoms with Crippen molar-refractivity contribution in [2.24, 2.45) is 0 Å². The molecule has 1 aromatic carbocycles. The monoisotopic (exact) mass is 329 g/mol. The highest BCUT2D eigenvalue weighted by molar-refractivity contribution is 9.10. The molecule has 0 saturated heterocycles. The number of rotatable bonds is 5. The minimum absolute atomic E-state index is 0.278. The van der Waals surface area contributed by atoms with Crippen LogP contribution in [0.2, 0.25) is 0 Å². The topological polar surface area (TPSA) is 25.2 Å². The van der Waals surface area contributed by atoms with Gasteiger partial charge in [-0.25, -0.2) is 4.39 Å². The van der Waals surface area contributed by atoms with Gasteiger partial charge in [-0.2, -0.15) is 11.8 Å². The lowest BCUT2D eigenvalue weighted by molar-refractivity contribution is 0.487. The fourth-order valence-electron chi connectivity index (χ4n) is 1.58. The molecule has 0 radical (unpaired) electrons. The van der Waals surface area contributed by atoms with Gasteiger partial charge in [0, 0.05) is 4.47 Å². The van der Waals surface area contributed by atoms with Crippen LogP contribution in [-0.2, 0) is 12.3 Å². The van der Waals surface area contributed by atoms with E-state index in [1.54, 1.807) is 23.9 Å². The smallest absolute Gasteiger partial charge is 0.147 e. The predicted molar refractivity (Wildman–Crippen MR) is 77.4 cm³/mol. The van der Waals surface area contributed by atoms with Gasteiger partial charge in [0.15, 0.2) is 0 Å². The summed E-state index contributed by atoms with van der Waals surface area (Å²) in [5.41, 5.74) is 0.459. The molecule has 1 aromatic heterocycles. The van der Waals surface area contributed by atoms with Crippen LogP contribution in [0.25, 0.3) is 0 Å². The van der Waals surface area contributed by atoms with Crippen molar-refractivity contribution in [2.45, 2.75) is 12.3 Å². The van der Waals surface area contributed by atoms with E-state index >= 15 is 0 Å². The summed E-state index contributed by atoms with van der Waals surface area (Å²) in [5.74, 6) is 2.31. The van der Waals surface area contributed by atoms with E-state index < -0.39 is 0 Å². The molecule has 18 heavy (non-hydrogen) atoms. The summed E-state index contributed by atoms with van der Waals surface area (Å²) in [5, 5.41) is 3.03. The number of furan rings is 1. The third kappa shape index (κ3) is 3.29. The average Bonchev–Trinajstić information content (AvgIpc) is 2.77. The largest absolute Gasteiger partial charge is 0.463 e. The molecule has 0 unspecified atom stereocenters. The Hall–Kier alpha value is -0.940. The Morgan fingerprint density at radius 1 is 1.28 bits per heavy atom. The maximum absolute atomic E-state index is 13.6. The Bertz CT molecular complexity index is 509. The molecule has 1 heterocycles. The molecule has 96 valence electrons. The molecule has 0 amide bonds. The Labute approximate surface area is 118 Å². The van der Waals surface area contributed by atoms with E-state index in [1.807, 2.05) is 18.4 Å². The van der Waals surface area contributed by atoms with Gasteiger partial charge in [-0.1, -0.05) is 6.07 Å². The molecule has 1 N–H and O–H groups in total. The number of nitrogens with one attached hydrogen (secondary N) is 1. The minimum atomic E-state index is -0.278.